The van der Waals surface area contributed by atoms with Crippen molar-refractivity contribution in [3.8, 4) is 0 Å². The highest BCUT2D eigenvalue weighted by Gasteiger charge is 2.21. The number of sulfonamides is 1. The van der Waals surface area contributed by atoms with E-state index in [-0.39, 0.29) is 16.2 Å². The molecule has 23 heavy (non-hydrogen) atoms. The number of carbonyl (C=O) groups is 2. The van der Waals surface area contributed by atoms with Gasteiger partial charge in [0.2, 0.25) is 0 Å². The minimum absolute atomic E-state index is 0.0141. The van der Waals surface area contributed by atoms with Crippen LogP contribution in [-0.2, 0) is 14.8 Å². The first-order valence-corrected chi connectivity index (χ1v) is 8.00. The van der Waals surface area contributed by atoms with Crippen molar-refractivity contribution in [1.82, 2.24) is 9.71 Å². The van der Waals surface area contributed by atoms with Gasteiger partial charge in [0.25, 0.3) is 15.9 Å². The molecule has 0 spiro atoms. The molecule has 0 aliphatic rings. The van der Waals surface area contributed by atoms with Crippen LogP contribution < -0.4 is 4.72 Å². The zero-order valence-electron chi connectivity index (χ0n) is 12.4. The second-order valence-electron chi connectivity index (χ2n) is 4.62. The third-order valence-corrected chi connectivity index (χ3v) is 4.35. The lowest BCUT2D eigenvalue weighted by Gasteiger charge is -2.08. The average molecular weight is 334 g/mol. The smallest absolute Gasteiger partial charge is 0.337 e. The number of hydrogen-bond acceptors (Lipinski definition) is 6. The van der Waals surface area contributed by atoms with E-state index in [1.165, 1.54) is 31.5 Å². The van der Waals surface area contributed by atoms with Crippen LogP contribution >= 0.6 is 0 Å². The fourth-order valence-corrected chi connectivity index (χ4v) is 2.86. The third kappa shape index (κ3) is 3.72. The van der Waals surface area contributed by atoms with E-state index in [0.29, 0.717) is 5.56 Å². The van der Waals surface area contributed by atoms with Crippen molar-refractivity contribution in [2.75, 3.05) is 7.11 Å². The van der Waals surface area contributed by atoms with E-state index in [2.05, 4.69) is 9.72 Å². The molecule has 0 aliphatic carbocycles. The molecule has 1 heterocycles. The lowest BCUT2D eigenvalue weighted by atomic mass is 10.2. The van der Waals surface area contributed by atoms with Gasteiger partial charge in [-0.05, 0) is 36.8 Å². The largest absolute Gasteiger partial charge is 0.465 e. The molecular weight excluding hydrogens is 320 g/mol. The normalized spacial score (nSPS) is 10.9. The Hall–Kier alpha value is -2.74. The van der Waals surface area contributed by atoms with E-state index in [1.54, 1.807) is 19.1 Å². The number of pyridine rings is 1. The van der Waals surface area contributed by atoms with Gasteiger partial charge in [-0.15, -0.1) is 0 Å². The average Bonchev–Trinajstić information content (AvgIpc) is 2.54. The van der Waals surface area contributed by atoms with E-state index < -0.39 is 21.9 Å². The summed E-state index contributed by atoms with van der Waals surface area (Å²) in [6.45, 7) is 1.65. The molecule has 8 heteroatoms. The molecule has 0 unspecified atom stereocenters. The predicted octanol–water partition coefficient (Wildman–Crippen LogP) is 1.30. The molecule has 1 N–H and O–H groups in total. The summed E-state index contributed by atoms with van der Waals surface area (Å²) >= 11 is 0. The summed E-state index contributed by atoms with van der Waals surface area (Å²) in [5.74, 6) is -1.51. The second-order valence-corrected chi connectivity index (χ2v) is 6.31. The Morgan fingerprint density at radius 1 is 1.17 bits per heavy atom. The molecule has 0 saturated heterocycles. The number of nitrogens with one attached hydrogen (secondary N) is 1. The van der Waals surface area contributed by atoms with Crippen LogP contribution in [-0.4, -0.2) is 32.4 Å². The Labute approximate surface area is 133 Å². The van der Waals surface area contributed by atoms with Crippen LogP contribution in [0.15, 0.2) is 47.5 Å². The van der Waals surface area contributed by atoms with Crippen LogP contribution in [0.5, 0.6) is 0 Å². The molecular formula is C15H14N2O5S. The molecule has 1 aromatic carbocycles. The fourth-order valence-electron chi connectivity index (χ4n) is 1.86. The van der Waals surface area contributed by atoms with Crippen molar-refractivity contribution >= 4 is 21.9 Å². The SMILES string of the molecule is COC(=O)c1cccc(S(=O)(=O)NC(=O)c2ncccc2C)c1. The van der Waals surface area contributed by atoms with Crippen LogP contribution in [0.3, 0.4) is 0 Å². The number of ether oxygens (including phenoxy) is 1. The molecule has 1 aromatic heterocycles. The zero-order chi connectivity index (χ0) is 17.0. The van der Waals surface area contributed by atoms with Gasteiger partial charge >= 0.3 is 5.97 Å². The number of hydrogen-bond donors (Lipinski definition) is 1. The Morgan fingerprint density at radius 3 is 2.57 bits per heavy atom. The lowest BCUT2D eigenvalue weighted by molar-refractivity contribution is 0.0600. The highest BCUT2D eigenvalue weighted by molar-refractivity contribution is 7.90. The maximum absolute atomic E-state index is 12.3. The molecule has 1 amide bonds. The second kappa shape index (κ2) is 6.57. The van der Waals surface area contributed by atoms with Crippen molar-refractivity contribution in [3.05, 3.63) is 59.4 Å². The van der Waals surface area contributed by atoms with Gasteiger partial charge in [0.1, 0.15) is 5.69 Å². The maximum Gasteiger partial charge on any atom is 0.337 e. The summed E-state index contributed by atoms with van der Waals surface area (Å²) in [6.07, 6.45) is 1.40. The highest BCUT2D eigenvalue weighted by Crippen LogP contribution is 2.13. The quantitative estimate of drug-likeness (QED) is 0.845. The fraction of sp³-hybridized carbons (Fsp3) is 0.133. The van der Waals surface area contributed by atoms with E-state index >= 15 is 0 Å². The van der Waals surface area contributed by atoms with Gasteiger partial charge in [-0.2, -0.15) is 0 Å². The Bertz CT molecular complexity index is 862. The van der Waals surface area contributed by atoms with Gasteiger partial charge < -0.3 is 4.74 Å². The molecule has 7 nitrogen and oxygen atoms in total. The number of amides is 1. The van der Waals surface area contributed by atoms with Crippen molar-refractivity contribution in [2.45, 2.75) is 11.8 Å². The van der Waals surface area contributed by atoms with Gasteiger partial charge in [-0.25, -0.2) is 17.9 Å². The predicted molar refractivity (Wildman–Crippen MR) is 81.4 cm³/mol. The number of rotatable bonds is 4. The van der Waals surface area contributed by atoms with Crippen LogP contribution in [0.1, 0.15) is 26.4 Å². The minimum Gasteiger partial charge on any atom is -0.465 e. The number of benzene rings is 1. The Morgan fingerprint density at radius 2 is 1.91 bits per heavy atom. The number of aryl methyl sites for hydroxylation is 1. The lowest BCUT2D eigenvalue weighted by Crippen LogP contribution is -2.31. The Kier molecular flexibility index (Phi) is 4.75. The van der Waals surface area contributed by atoms with Crippen molar-refractivity contribution in [2.24, 2.45) is 0 Å². The third-order valence-electron chi connectivity index (χ3n) is 3.02. The van der Waals surface area contributed by atoms with Crippen LogP contribution in [0, 0.1) is 6.92 Å². The summed E-state index contributed by atoms with van der Waals surface area (Å²) < 4.78 is 31.0. The van der Waals surface area contributed by atoms with E-state index in [0.717, 1.165) is 6.07 Å². The number of carbonyl (C=O) groups excluding carboxylic acids is 2. The van der Waals surface area contributed by atoms with Gasteiger partial charge in [0, 0.05) is 6.20 Å². The zero-order valence-corrected chi connectivity index (χ0v) is 13.3. The van der Waals surface area contributed by atoms with Gasteiger partial charge in [-0.1, -0.05) is 12.1 Å². The minimum atomic E-state index is -4.14. The first-order chi connectivity index (χ1) is 10.8. The number of esters is 1. The molecule has 0 bridgehead atoms. The van der Waals surface area contributed by atoms with Crippen LogP contribution in [0.25, 0.3) is 0 Å². The van der Waals surface area contributed by atoms with Crippen molar-refractivity contribution in [3.63, 3.8) is 0 Å². The summed E-state index contributed by atoms with van der Waals surface area (Å²) in [4.78, 5) is 27.2. The van der Waals surface area contributed by atoms with Gasteiger partial charge in [0.05, 0.1) is 17.6 Å². The molecule has 0 saturated carbocycles. The van der Waals surface area contributed by atoms with E-state index in [4.69, 9.17) is 0 Å². The number of methoxy groups -OCH3 is 1. The molecule has 0 atom stereocenters. The summed E-state index contributed by atoms with van der Waals surface area (Å²) in [6, 6.07) is 8.49. The molecule has 0 fully saturated rings. The molecule has 0 aliphatic heterocycles. The van der Waals surface area contributed by atoms with Gasteiger partial charge in [0.15, 0.2) is 0 Å². The summed E-state index contributed by atoms with van der Waals surface area (Å²) in [5, 5.41) is 0. The summed E-state index contributed by atoms with van der Waals surface area (Å²) in [7, 11) is -2.95. The number of aromatic nitrogens is 1. The first-order valence-electron chi connectivity index (χ1n) is 6.52. The molecule has 120 valence electrons. The van der Waals surface area contributed by atoms with E-state index in [9.17, 15) is 18.0 Å². The van der Waals surface area contributed by atoms with Gasteiger partial charge in [-0.3, -0.25) is 9.78 Å². The first kappa shape index (κ1) is 16.6. The van der Waals surface area contributed by atoms with Crippen LogP contribution in [0.4, 0.5) is 0 Å². The highest BCUT2D eigenvalue weighted by atomic mass is 32.2. The maximum atomic E-state index is 12.3. The summed E-state index contributed by atoms with van der Waals surface area (Å²) in [5.41, 5.74) is 0.626. The van der Waals surface area contributed by atoms with Crippen molar-refractivity contribution < 1.29 is 22.7 Å². The Balaban J connectivity index is 2.31. The topological polar surface area (TPSA) is 102 Å². The van der Waals surface area contributed by atoms with Crippen LogP contribution in [0.2, 0.25) is 0 Å². The van der Waals surface area contributed by atoms with Crippen molar-refractivity contribution in [1.29, 1.82) is 0 Å². The monoisotopic (exact) mass is 334 g/mol. The number of nitrogens with zero attached hydrogens (tertiary/aromatic N) is 1. The van der Waals surface area contributed by atoms with E-state index in [1.807, 2.05) is 4.72 Å². The molecule has 2 rings (SSSR count). The standard InChI is InChI=1S/C15H14N2O5S/c1-10-5-4-8-16-13(10)14(18)17-23(20,21)12-7-3-6-11(9-12)15(19)22-2/h3-9H,1-2H3,(H,17,18). The molecule has 2 aromatic rings. The molecule has 0 radical (unpaired) electrons.